The van der Waals surface area contributed by atoms with E-state index in [1.807, 2.05) is 0 Å². The van der Waals surface area contributed by atoms with Gasteiger partial charge in [0.1, 0.15) is 12.4 Å². The number of rotatable bonds is 7. The molecule has 1 aromatic carbocycles. The Morgan fingerprint density at radius 1 is 1.21 bits per heavy atom. The highest BCUT2D eigenvalue weighted by Gasteiger charge is 2.27. The molecule has 0 saturated heterocycles. The Kier molecular flexibility index (Phi) is 6.58. The van der Waals surface area contributed by atoms with Crippen molar-refractivity contribution in [2.45, 2.75) is 24.9 Å². The molecule has 1 aromatic rings. The van der Waals surface area contributed by atoms with Crippen molar-refractivity contribution >= 4 is 11.6 Å². The van der Waals surface area contributed by atoms with Crippen LogP contribution in [0, 0.1) is 5.82 Å². The van der Waals surface area contributed by atoms with Gasteiger partial charge >= 0.3 is 6.18 Å². The van der Waals surface area contributed by atoms with Crippen molar-refractivity contribution in [3.05, 3.63) is 35.6 Å². The van der Waals surface area contributed by atoms with E-state index in [1.165, 1.54) is 6.07 Å². The van der Waals surface area contributed by atoms with E-state index in [4.69, 9.17) is 11.6 Å². The zero-order valence-electron chi connectivity index (χ0n) is 10.2. The third-order valence-corrected chi connectivity index (χ3v) is 3.01. The minimum atomic E-state index is -4.31. The number of benzene rings is 1. The van der Waals surface area contributed by atoms with Crippen LogP contribution in [0.15, 0.2) is 24.3 Å². The summed E-state index contributed by atoms with van der Waals surface area (Å²) < 4.78 is 53.5. The first-order chi connectivity index (χ1) is 8.94. The molecule has 0 aliphatic carbocycles. The van der Waals surface area contributed by atoms with Gasteiger partial charge in [0.15, 0.2) is 0 Å². The van der Waals surface area contributed by atoms with E-state index >= 15 is 0 Å². The van der Waals surface area contributed by atoms with Crippen LogP contribution in [0.4, 0.5) is 17.6 Å². The molecule has 0 radical (unpaired) electrons. The smallest absolute Gasteiger partial charge is 0.372 e. The number of alkyl halides is 4. The molecule has 0 aliphatic rings. The lowest BCUT2D eigenvalue weighted by atomic mass is 9.96. The molecular formula is C13H15ClF4O. The average Bonchev–Trinajstić information content (AvgIpc) is 2.34. The zero-order chi connectivity index (χ0) is 14.3. The second kappa shape index (κ2) is 7.70. The number of halogens is 5. The Morgan fingerprint density at radius 2 is 1.89 bits per heavy atom. The Hall–Kier alpha value is -0.810. The van der Waals surface area contributed by atoms with Gasteiger partial charge in [0.25, 0.3) is 0 Å². The fraction of sp³-hybridized carbons (Fsp3) is 0.538. The number of hydrogen-bond acceptors (Lipinski definition) is 1. The molecule has 0 saturated carbocycles. The molecular weight excluding hydrogens is 284 g/mol. The number of ether oxygens (including phenoxy) is 1. The molecule has 0 N–H and O–H groups in total. The van der Waals surface area contributed by atoms with E-state index in [-0.39, 0.29) is 24.2 Å². The zero-order valence-corrected chi connectivity index (χ0v) is 11.0. The van der Waals surface area contributed by atoms with Crippen LogP contribution in [0.5, 0.6) is 0 Å². The first-order valence-corrected chi connectivity index (χ1v) is 6.42. The predicted octanol–water partition coefficient (Wildman–Crippen LogP) is 4.51. The lowest BCUT2D eigenvalue weighted by molar-refractivity contribution is -0.174. The quantitative estimate of drug-likeness (QED) is 0.409. The third-order valence-electron chi connectivity index (χ3n) is 2.64. The molecule has 1 atom stereocenters. The lowest BCUT2D eigenvalue weighted by Gasteiger charge is -2.15. The Balaban J connectivity index is 2.36. The molecule has 19 heavy (non-hydrogen) atoms. The third kappa shape index (κ3) is 6.25. The van der Waals surface area contributed by atoms with Crippen LogP contribution in [0.1, 0.15) is 24.3 Å². The summed E-state index contributed by atoms with van der Waals surface area (Å²) in [4.78, 5) is 0. The monoisotopic (exact) mass is 298 g/mol. The van der Waals surface area contributed by atoms with E-state index < -0.39 is 12.8 Å². The molecule has 1 nitrogen and oxygen atoms in total. The first-order valence-electron chi connectivity index (χ1n) is 5.89. The van der Waals surface area contributed by atoms with Crippen molar-refractivity contribution in [1.29, 1.82) is 0 Å². The average molecular weight is 299 g/mol. The standard InChI is InChI=1S/C13H15ClF4O/c14-8-10(11-5-1-2-6-12(11)15)4-3-7-19-9-13(16,17)18/h1-2,5-6,10H,3-4,7-9H2. The fourth-order valence-electron chi connectivity index (χ4n) is 1.74. The Morgan fingerprint density at radius 3 is 2.47 bits per heavy atom. The molecule has 0 aliphatic heterocycles. The van der Waals surface area contributed by atoms with Gasteiger partial charge < -0.3 is 4.74 Å². The first kappa shape index (κ1) is 16.2. The van der Waals surface area contributed by atoms with Crippen molar-refractivity contribution in [1.82, 2.24) is 0 Å². The van der Waals surface area contributed by atoms with Crippen LogP contribution < -0.4 is 0 Å². The molecule has 1 rings (SSSR count). The van der Waals surface area contributed by atoms with E-state index in [0.717, 1.165) is 0 Å². The largest absolute Gasteiger partial charge is 0.411 e. The summed E-state index contributed by atoms with van der Waals surface area (Å²) in [6.07, 6.45) is -3.42. The van der Waals surface area contributed by atoms with Crippen LogP contribution >= 0.6 is 11.6 Å². The predicted molar refractivity (Wildman–Crippen MR) is 66.0 cm³/mol. The summed E-state index contributed by atoms with van der Waals surface area (Å²) in [5.41, 5.74) is 0.494. The lowest BCUT2D eigenvalue weighted by Crippen LogP contribution is -2.17. The molecule has 0 heterocycles. The van der Waals surface area contributed by atoms with E-state index in [2.05, 4.69) is 4.74 Å². The summed E-state index contributed by atoms with van der Waals surface area (Å²) in [7, 11) is 0. The summed E-state index contributed by atoms with van der Waals surface area (Å²) in [6, 6.07) is 6.27. The van der Waals surface area contributed by atoms with Crippen molar-refractivity contribution < 1.29 is 22.3 Å². The summed E-state index contributed by atoms with van der Waals surface area (Å²) in [5.74, 6) is -0.332. The van der Waals surface area contributed by atoms with Gasteiger partial charge in [-0.2, -0.15) is 13.2 Å². The second-order valence-corrected chi connectivity index (χ2v) is 4.49. The number of hydrogen-bond donors (Lipinski definition) is 0. The van der Waals surface area contributed by atoms with Gasteiger partial charge in [-0.1, -0.05) is 18.2 Å². The highest BCUT2D eigenvalue weighted by atomic mass is 35.5. The summed E-state index contributed by atoms with van der Waals surface area (Å²) >= 11 is 5.77. The van der Waals surface area contributed by atoms with Gasteiger partial charge in [0, 0.05) is 18.4 Å². The van der Waals surface area contributed by atoms with E-state index in [0.29, 0.717) is 18.4 Å². The SMILES string of the molecule is Fc1ccccc1C(CCl)CCCOCC(F)(F)F. The minimum absolute atomic E-state index is 0.0125. The van der Waals surface area contributed by atoms with Crippen LogP contribution in [0.2, 0.25) is 0 Å². The highest BCUT2D eigenvalue weighted by molar-refractivity contribution is 6.18. The maximum Gasteiger partial charge on any atom is 0.411 e. The topological polar surface area (TPSA) is 9.23 Å². The van der Waals surface area contributed by atoms with Crippen LogP contribution in [0.3, 0.4) is 0 Å². The van der Waals surface area contributed by atoms with Crippen molar-refractivity contribution in [2.24, 2.45) is 0 Å². The summed E-state index contributed by atoms with van der Waals surface area (Å²) in [5, 5.41) is 0. The molecule has 108 valence electrons. The van der Waals surface area contributed by atoms with Crippen LogP contribution in [0.25, 0.3) is 0 Å². The Labute approximate surface area is 114 Å². The maximum absolute atomic E-state index is 13.5. The van der Waals surface area contributed by atoms with Gasteiger partial charge in [-0.25, -0.2) is 4.39 Å². The molecule has 0 aromatic heterocycles. The molecule has 1 unspecified atom stereocenters. The van der Waals surface area contributed by atoms with Gasteiger partial charge in [0.2, 0.25) is 0 Å². The van der Waals surface area contributed by atoms with Crippen LogP contribution in [-0.2, 0) is 4.74 Å². The van der Waals surface area contributed by atoms with Crippen molar-refractivity contribution in [3.63, 3.8) is 0 Å². The Bertz CT molecular complexity index is 381. The van der Waals surface area contributed by atoms with Gasteiger partial charge in [-0.15, -0.1) is 11.6 Å². The molecule has 0 bridgehead atoms. The van der Waals surface area contributed by atoms with Crippen molar-refractivity contribution in [3.8, 4) is 0 Å². The molecule has 0 amide bonds. The van der Waals surface area contributed by atoms with Gasteiger partial charge in [-0.3, -0.25) is 0 Å². The van der Waals surface area contributed by atoms with Gasteiger partial charge in [-0.05, 0) is 24.5 Å². The summed E-state index contributed by atoms with van der Waals surface area (Å²) in [6.45, 7) is -1.26. The molecule has 6 heteroatoms. The van der Waals surface area contributed by atoms with Crippen molar-refractivity contribution in [2.75, 3.05) is 19.1 Å². The van der Waals surface area contributed by atoms with E-state index in [9.17, 15) is 17.6 Å². The van der Waals surface area contributed by atoms with E-state index in [1.54, 1.807) is 18.2 Å². The highest BCUT2D eigenvalue weighted by Crippen LogP contribution is 2.25. The molecule has 0 spiro atoms. The van der Waals surface area contributed by atoms with Crippen LogP contribution in [-0.4, -0.2) is 25.3 Å². The minimum Gasteiger partial charge on any atom is -0.372 e. The fourth-order valence-corrected chi connectivity index (χ4v) is 2.06. The molecule has 0 fully saturated rings. The van der Waals surface area contributed by atoms with Gasteiger partial charge in [0.05, 0.1) is 0 Å². The maximum atomic E-state index is 13.5. The normalized spacial score (nSPS) is 13.5. The second-order valence-electron chi connectivity index (χ2n) is 4.18.